The van der Waals surface area contributed by atoms with Crippen molar-refractivity contribution in [1.29, 1.82) is 0 Å². The molecule has 0 aliphatic rings. The van der Waals surface area contributed by atoms with Crippen LogP contribution in [-0.2, 0) is 6.61 Å². The zero-order valence-electron chi connectivity index (χ0n) is 16.8. The van der Waals surface area contributed by atoms with Gasteiger partial charge in [0.25, 0.3) is 5.91 Å². The summed E-state index contributed by atoms with van der Waals surface area (Å²) in [5.41, 5.74) is 4.23. The van der Waals surface area contributed by atoms with Gasteiger partial charge >= 0.3 is 0 Å². The van der Waals surface area contributed by atoms with Crippen LogP contribution in [0.1, 0.15) is 57.9 Å². The van der Waals surface area contributed by atoms with E-state index < -0.39 is 0 Å². The highest BCUT2D eigenvalue weighted by atomic mass is 16.5. The van der Waals surface area contributed by atoms with E-state index in [4.69, 9.17) is 9.26 Å². The Kier molecular flexibility index (Phi) is 6.14. The SMILES string of the molecule is CCC(NC(=O)c1noc(C)c1COc1ccccc1C)c1ccc(C)cc1. The van der Waals surface area contributed by atoms with Crippen LogP contribution in [0.15, 0.2) is 53.1 Å². The number of aromatic nitrogens is 1. The fraction of sp³-hybridized carbons (Fsp3) is 0.304. The van der Waals surface area contributed by atoms with Crippen LogP contribution in [-0.4, -0.2) is 11.1 Å². The molecule has 0 spiro atoms. The molecule has 1 N–H and O–H groups in total. The predicted octanol–water partition coefficient (Wildman–Crippen LogP) is 5.06. The molecule has 3 aromatic rings. The van der Waals surface area contributed by atoms with Crippen molar-refractivity contribution in [2.24, 2.45) is 0 Å². The number of benzene rings is 2. The van der Waals surface area contributed by atoms with E-state index >= 15 is 0 Å². The molecule has 1 aromatic heterocycles. The zero-order valence-corrected chi connectivity index (χ0v) is 16.8. The summed E-state index contributed by atoms with van der Waals surface area (Å²) >= 11 is 0. The molecular weight excluding hydrogens is 352 g/mol. The number of hydrogen-bond donors (Lipinski definition) is 1. The van der Waals surface area contributed by atoms with Crippen LogP contribution in [0, 0.1) is 20.8 Å². The topological polar surface area (TPSA) is 64.4 Å². The first-order chi connectivity index (χ1) is 13.5. The van der Waals surface area contributed by atoms with E-state index in [1.165, 1.54) is 5.56 Å². The van der Waals surface area contributed by atoms with Gasteiger partial charge < -0.3 is 14.6 Å². The predicted molar refractivity (Wildman–Crippen MR) is 108 cm³/mol. The summed E-state index contributed by atoms with van der Waals surface area (Å²) in [5, 5.41) is 7.04. The lowest BCUT2D eigenvalue weighted by Gasteiger charge is -2.17. The molecule has 2 aromatic carbocycles. The van der Waals surface area contributed by atoms with Gasteiger partial charge in [0.15, 0.2) is 5.69 Å². The first-order valence-corrected chi connectivity index (χ1v) is 9.50. The summed E-state index contributed by atoms with van der Waals surface area (Å²) in [6, 6.07) is 15.9. The van der Waals surface area contributed by atoms with E-state index in [1.54, 1.807) is 6.92 Å². The average Bonchev–Trinajstić information content (AvgIpc) is 3.07. The summed E-state index contributed by atoms with van der Waals surface area (Å²) in [4.78, 5) is 12.9. The molecule has 0 saturated carbocycles. The van der Waals surface area contributed by atoms with E-state index in [1.807, 2.05) is 69.3 Å². The molecule has 0 saturated heterocycles. The minimum absolute atomic E-state index is 0.0877. The van der Waals surface area contributed by atoms with Crippen molar-refractivity contribution in [2.45, 2.75) is 46.8 Å². The first-order valence-electron chi connectivity index (χ1n) is 9.50. The number of amides is 1. The molecule has 146 valence electrons. The number of aryl methyl sites for hydroxylation is 3. The van der Waals surface area contributed by atoms with Crippen LogP contribution in [0.25, 0.3) is 0 Å². The molecule has 0 bridgehead atoms. The van der Waals surface area contributed by atoms with Gasteiger partial charge in [-0.25, -0.2) is 0 Å². The highest BCUT2D eigenvalue weighted by molar-refractivity contribution is 5.94. The van der Waals surface area contributed by atoms with E-state index in [-0.39, 0.29) is 24.2 Å². The number of hydrogen-bond acceptors (Lipinski definition) is 4. The molecule has 0 aliphatic heterocycles. The second-order valence-corrected chi connectivity index (χ2v) is 6.97. The fourth-order valence-corrected chi connectivity index (χ4v) is 3.05. The van der Waals surface area contributed by atoms with Gasteiger partial charge in [-0.05, 0) is 44.4 Å². The third-order valence-corrected chi connectivity index (χ3v) is 4.86. The van der Waals surface area contributed by atoms with Crippen molar-refractivity contribution in [2.75, 3.05) is 0 Å². The van der Waals surface area contributed by atoms with Gasteiger partial charge in [-0.3, -0.25) is 4.79 Å². The maximum absolute atomic E-state index is 12.9. The molecule has 1 atom stereocenters. The van der Waals surface area contributed by atoms with Crippen molar-refractivity contribution in [3.8, 4) is 5.75 Å². The summed E-state index contributed by atoms with van der Waals surface area (Å²) in [6.07, 6.45) is 0.778. The molecular formula is C23H26N2O3. The van der Waals surface area contributed by atoms with Gasteiger partial charge in [0.1, 0.15) is 18.1 Å². The van der Waals surface area contributed by atoms with Crippen LogP contribution in [0.5, 0.6) is 5.75 Å². The summed E-state index contributed by atoms with van der Waals surface area (Å²) in [7, 11) is 0. The summed E-state index contributed by atoms with van der Waals surface area (Å²) < 4.78 is 11.2. The van der Waals surface area contributed by atoms with E-state index in [9.17, 15) is 4.79 Å². The Morgan fingerprint density at radius 2 is 1.82 bits per heavy atom. The quantitative estimate of drug-likeness (QED) is 0.624. The second-order valence-electron chi connectivity index (χ2n) is 6.97. The lowest BCUT2D eigenvalue weighted by atomic mass is 10.0. The Morgan fingerprint density at radius 3 is 2.50 bits per heavy atom. The Labute approximate surface area is 165 Å². The van der Waals surface area contributed by atoms with E-state index in [2.05, 4.69) is 10.5 Å². The van der Waals surface area contributed by atoms with Gasteiger partial charge in [0.2, 0.25) is 0 Å². The molecule has 1 unspecified atom stereocenters. The number of para-hydroxylation sites is 1. The van der Waals surface area contributed by atoms with Gasteiger partial charge in [-0.1, -0.05) is 60.1 Å². The number of rotatable bonds is 7. The normalized spacial score (nSPS) is 11.9. The monoisotopic (exact) mass is 378 g/mol. The molecule has 1 heterocycles. The van der Waals surface area contributed by atoms with Gasteiger partial charge in [-0.2, -0.15) is 0 Å². The number of carbonyl (C=O) groups excluding carboxylic acids is 1. The van der Waals surface area contributed by atoms with E-state index in [0.29, 0.717) is 11.3 Å². The molecule has 0 aliphatic carbocycles. The maximum atomic E-state index is 12.9. The van der Waals surface area contributed by atoms with Crippen LogP contribution >= 0.6 is 0 Å². The van der Waals surface area contributed by atoms with E-state index in [0.717, 1.165) is 23.3 Å². The number of ether oxygens (including phenoxy) is 1. The third kappa shape index (κ3) is 4.42. The highest BCUT2D eigenvalue weighted by Crippen LogP contribution is 2.22. The maximum Gasteiger partial charge on any atom is 0.274 e. The number of nitrogens with zero attached hydrogens (tertiary/aromatic N) is 1. The standard InChI is InChI=1S/C23H26N2O3/c1-5-20(18-12-10-15(2)11-13-18)24-23(26)22-19(17(4)28-25-22)14-27-21-9-7-6-8-16(21)3/h6-13,20H,5,14H2,1-4H3,(H,24,26). The lowest BCUT2D eigenvalue weighted by molar-refractivity contribution is 0.0924. The van der Waals surface area contributed by atoms with Crippen LogP contribution < -0.4 is 10.1 Å². The molecule has 0 fully saturated rings. The van der Waals surface area contributed by atoms with Crippen molar-refractivity contribution < 1.29 is 14.1 Å². The number of carbonyl (C=O) groups is 1. The minimum atomic E-state index is -0.257. The number of nitrogens with one attached hydrogen (secondary N) is 1. The largest absolute Gasteiger partial charge is 0.488 e. The molecule has 28 heavy (non-hydrogen) atoms. The Bertz CT molecular complexity index is 945. The van der Waals surface area contributed by atoms with Gasteiger partial charge in [-0.15, -0.1) is 0 Å². The Hall–Kier alpha value is -3.08. The molecule has 0 radical (unpaired) electrons. The van der Waals surface area contributed by atoms with Crippen molar-refractivity contribution in [3.63, 3.8) is 0 Å². The van der Waals surface area contributed by atoms with Gasteiger partial charge in [0, 0.05) is 0 Å². The smallest absolute Gasteiger partial charge is 0.274 e. The molecule has 5 nitrogen and oxygen atoms in total. The third-order valence-electron chi connectivity index (χ3n) is 4.86. The summed E-state index contributed by atoms with van der Waals surface area (Å²) in [6.45, 7) is 8.09. The van der Waals surface area contributed by atoms with Crippen LogP contribution in [0.2, 0.25) is 0 Å². The van der Waals surface area contributed by atoms with Crippen molar-refractivity contribution in [1.82, 2.24) is 10.5 Å². The molecule has 3 rings (SSSR count). The fourth-order valence-electron chi connectivity index (χ4n) is 3.05. The van der Waals surface area contributed by atoms with Crippen LogP contribution in [0.3, 0.4) is 0 Å². The van der Waals surface area contributed by atoms with Crippen LogP contribution in [0.4, 0.5) is 0 Å². The Balaban J connectivity index is 1.75. The molecule has 5 heteroatoms. The minimum Gasteiger partial charge on any atom is -0.488 e. The van der Waals surface area contributed by atoms with Crippen molar-refractivity contribution in [3.05, 3.63) is 82.2 Å². The Morgan fingerprint density at radius 1 is 1.11 bits per heavy atom. The van der Waals surface area contributed by atoms with Gasteiger partial charge in [0.05, 0.1) is 11.6 Å². The highest BCUT2D eigenvalue weighted by Gasteiger charge is 2.23. The first kappa shape index (κ1) is 19.7. The molecule has 1 amide bonds. The van der Waals surface area contributed by atoms with Crippen molar-refractivity contribution >= 4 is 5.91 Å². The second kappa shape index (κ2) is 8.74. The summed E-state index contributed by atoms with van der Waals surface area (Å²) in [5.74, 6) is 1.11. The average molecular weight is 378 g/mol. The lowest BCUT2D eigenvalue weighted by Crippen LogP contribution is -2.29. The zero-order chi connectivity index (χ0) is 20.1.